The van der Waals surface area contributed by atoms with Crippen molar-refractivity contribution < 1.29 is 34.4 Å². The number of carbonyl (C=O) groups excluding carboxylic acids is 3. The summed E-state index contributed by atoms with van der Waals surface area (Å²) in [6.45, 7) is 3.67. The van der Waals surface area contributed by atoms with Gasteiger partial charge in [-0.1, -0.05) is 56.0 Å². The van der Waals surface area contributed by atoms with Crippen LogP contribution in [0.5, 0.6) is 5.75 Å². The molecule has 1 aromatic carbocycles. The van der Waals surface area contributed by atoms with Gasteiger partial charge in [-0.05, 0) is 55.4 Å². The highest BCUT2D eigenvalue weighted by atomic mass is 16.5. The lowest BCUT2D eigenvalue weighted by Gasteiger charge is -2.36. The van der Waals surface area contributed by atoms with Gasteiger partial charge >= 0.3 is 6.09 Å². The smallest absolute Gasteiger partial charge is 0.423 e. The van der Waals surface area contributed by atoms with E-state index in [1.54, 1.807) is 18.2 Å². The second kappa shape index (κ2) is 12.3. The number of nitrogens with zero attached hydrogens (tertiary/aromatic N) is 1. The fraction of sp³-hybridized carbons (Fsp3) is 0.536. The van der Waals surface area contributed by atoms with Gasteiger partial charge in [0, 0.05) is 5.92 Å². The van der Waals surface area contributed by atoms with Crippen molar-refractivity contribution in [3.05, 3.63) is 46.5 Å². The van der Waals surface area contributed by atoms with Crippen LogP contribution in [0.25, 0.3) is 6.08 Å². The van der Waals surface area contributed by atoms with Crippen LogP contribution in [0.2, 0.25) is 0 Å². The molecule has 8 heteroatoms. The molecule has 1 aromatic rings. The van der Waals surface area contributed by atoms with Gasteiger partial charge in [-0.25, -0.2) is 4.79 Å². The highest BCUT2D eigenvalue weighted by Crippen LogP contribution is 2.47. The summed E-state index contributed by atoms with van der Waals surface area (Å²) in [5, 5.41) is 31.5. The van der Waals surface area contributed by atoms with E-state index in [0.717, 1.165) is 43.1 Å². The SMILES string of the molecule is CCCC1=C([C@H](O)CC/C(=C/c2cccc(O)c2)CCC)[C@H](CO)[C@@H]2C(=O)N(C(=O)OC)C(=O)[C@@H]2C1. The standard InChI is InChI=1S/C28H37NO7/c1-4-7-17(13-18-9-6-10-20(31)14-18)11-12-23(32)24-19(8-5-2)15-21-25(22(24)16-30)27(34)29(26(21)33)28(35)36-3/h6,9-10,13-14,21-23,25,30-32H,4-5,7-8,11-12,15-16H2,1-3H3/b17-13+/t21-,22+,23-,25-/m1/s1. The number of allylic oxidation sites excluding steroid dienone is 2. The number of hydrogen-bond donors (Lipinski definition) is 3. The number of phenolic OH excluding ortho intramolecular Hbond substituents is 1. The second-order valence-electron chi connectivity index (χ2n) is 9.62. The highest BCUT2D eigenvalue weighted by molar-refractivity contribution is 6.15. The van der Waals surface area contributed by atoms with Crippen LogP contribution in [-0.2, 0) is 14.3 Å². The van der Waals surface area contributed by atoms with Gasteiger partial charge in [0.1, 0.15) is 5.75 Å². The predicted molar refractivity (Wildman–Crippen MR) is 135 cm³/mol. The lowest BCUT2D eigenvalue weighted by molar-refractivity contribution is -0.137. The van der Waals surface area contributed by atoms with Gasteiger partial charge in [0.15, 0.2) is 0 Å². The molecule has 8 nitrogen and oxygen atoms in total. The van der Waals surface area contributed by atoms with E-state index in [4.69, 9.17) is 0 Å². The first kappa shape index (κ1) is 27.6. The van der Waals surface area contributed by atoms with Crippen LogP contribution in [-0.4, -0.2) is 57.9 Å². The van der Waals surface area contributed by atoms with E-state index >= 15 is 0 Å². The minimum atomic E-state index is -1.02. The molecule has 36 heavy (non-hydrogen) atoms. The maximum absolute atomic E-state index is 13.1. The first-order valence-corrected chi connectivity index (χ1v) is 12.7. The van der Waals surface area contributed by atoms with Crippen molar-refractivity contribution in [2.45, 2.75) is 64.9 Å². The molecule has 1 heterocycles. The van der Waals surface area contributed by atoms with Gasteiger partial charge in [0.25, 0.3) is 0 Å². The zero-order chi connectivity index (χ0) is 26.4. The Labute approximate surface area is 212 Å². The molecule has 0 radical (unpaired) electrons. The van der Waals surface area contributed by atoms with Gasteiger partial charge < -0.3 is 20.1 Å². The fourth-order valence-electron chi connectivity index (χ4n) is 5.69. The third kappa shape index (κ3) is 5.71. The number of amides is 3. The van der Waals surface area contributed by atoms with Crippen molar-refractivity contribution in [1.82, 2.24) is 4.90 Å². The third-order valence-electron chi connectivity index (χ3n) is 7.20. The van der Waals surface area contributed by atoms with E-state index in [2.05, 4.69) is 11.7 Å². The highest BCUT2D eigenvalue weighted by Gasteiger charge is 2.57. The van der Waals surface area contributed by atoms with Gasteiger partial charge in [0.05, 0.1) is 31.7 Å². The summed E-state index contributed by atoms with van der Waals surface area (Å²) in [4.78, 5) is 38.7. The summed E-state index contributed by atoms with van der Waals surface area (Å²) in [6, 6.07) is 6.99. The van der Waals surface area contributed by atoms with Crippen LogP contribution in [0.4, 0.5) is 4.79 Å². The molecule has 1 aliphatic heterocycles. The topological polar surface area (TPSA) is 124 Å². The van der Waals surface area contributed by atoms with Crippen molar-refractivity contribution in [1.29, 1.82) is 0 Å². The van der Waals surface area contributed by atoms with Gasteiger partial charge in [-0.2, -0.15) is 4.90 Å². The number of imide groups is 3. The number of aliphatic hydroxyl groups is 2. The van der Waals surface area contributed by atoms with E-state index in [-0.39, 0.29) is 12.2 Å². The van der Waals surface area contributed by atoms with E-state index in [0.29, 0.717) is 29.7 Å². The summed E-state index contributed by atoms with van der Waals surface area (Å²) in [5.74, 6) is -3.47. The number of benzene rings is 1. The van der Waals surface area contributed by atoms with E-state index < -0.39 is 48.4 Å². The van der Waals surface area contributed by atoms with Crippen molar-refractivity contribution in [3.8, 4) is 5.75 Å². The second-order valence-corrected chi connectivity index (χ2v) is 9.62. The van der Waals surface area contributed by atoms with Crippen molar-refractivity contribution >= 4 is 24.0 Å². The number of methoxy groups -OCH3 is 1. The summed E-state index contributed by atoms with van der Waals surface area (Å²) in [5.41, 5.74) is 3.51. The molecule has 3 rings (SSSR count). The zero-order valence-electron chi connectivity index (χ0n) is 21.3. The third-order valence-corrected chi connectivity index (χ3v) is 7.20. The van der Waals surface area contributed by atoms with Crippen LogP contribution < -0.4 is 0 Å². The number of aliphatic hydroxyl groups excluding tert-OH is 2. The van der Waals surface area contributed by atoms with Crippen LogP contribution in [0.15, 0.2) is 41.0 Å². The monoisotopic (exact) mass is 499 g/mol. The Kier molecular flexibility index (Phi) is 9.45. The van der Waals surface area contributed by atoms with Gasteiger partial charge in [0.2, 0.25) is 11.8 Å². The molecule has 0 aromatic heterocycles. The molecule has 1 saturated heterocycles. The molecule has 3 N–H and O–H groups in total. The maximum Gasteiger partial charge on any atom is 0.423 e. The number of fused-ring (bicyclic) bond motifs is 1. The molecule has 0 saturated carbocycles. The first-order valence-electron chi connectivity index (χ1n) is 12.7. The minimum absolute atomic E-state index is 0.188. The Hall–Kier alpha value is -2.97. The summed E-state index contributed by atoms with van der Waals surface area (Å²) < 4.78 is 4.64. The average molecular weight is 500 g/mol. The van der Waals surface area contributed by atoms with Gasteiger partial charge in [-0.3, -0.25) is 9.59 Å². The average Bonchev–Trinajstić information content (AvgIpc) is 3.10. The molecular formula is C28H37NO7. The van der Waals surface area contributed by atoms with Gasteiger partial charge in [-0.15, -0.1) is 0 Å². The quantitative estimate of drug-likeness (QED) is 0.326. The molecule has 1 fully saturated rings. The molecule has 0 bridgehead atoms. The zero-order valence-corrected chi connectivity index (χ0v) is 21.3. The summed E-state index contributed by atoms with van der Waals surface area (Å²) in [6.07, 6.45) is 4.54. The summed E-state index contributed by atoms with van der Waals surface area (Å²) in [7, 11) is 1.11. The predicted octanol–water partition coefficient (Wildman–Crippen LogP) is 4.19. The van der Waals surface area contributed by atoms with Crippen molar-refractivity contribution in [3.63, 3.8) is 0 Å². The molecule has 2 aliphatic rings. The Bertz CT molecular complexity index is 1040. The number of ether oxygens (including phenoxy) is 1. The van der Waals surface area contributed by atoms with Crippen molar-refractivity contribution in [2.24, 2.45) is 17.8 Å². The molecule has 196 valence electrons. The number of rotatable bonds is 10. The maximum atomic E-state index is 13.1. The van der Waals surface area contributed by atoms with E-state index in [1.165, 1.54) is 0 Å². The Morgan fingerprint density at radius 3 is 2.56 bits per heavy atom. The van der Waals surface area contributed by atoms with Crippen LogP contribution in [0.3, 0.4) is 0 Å². The van der Waals surface area contributed by atoms with Crippen LogP contribution >= 0.6 is 0 Å². The molecule has 3 amide bonds. The minimum Gasteiger partial charge on any atom is -0.508 e. The lowest BCUT2D eigenvalue weighted by atomic mass is 9.67. The largest absolute Gasteiger partial charge is 0.508 e. The Balaban J connectivity index is 1.88. The number of likely N-dealkylation sites (tertiary alicyclic amines) is 1. The Morgan fingerprint density at radius 1 is 1.19 bits per heavy atom. The number of hydrogen-bond acceptors (Lipinski definition) is 7. The van der Waals surface area contributed by atoms with E-state index in [1.807, 2.05) is 19.1 Å². The summed E-state index contributed by atoms with van der Waals surface area (Å²) >= 11 is 0. The van der Waals surface area contributed by atoms with Crippen molar-refractivity contribution in [2.75, 3.05) is 13.7 Å². The number of phenols is 1. The Morgan fingerprint density at radius 2 is 1.94 bits per heavy atom. The molecule has 4 atom stereocenters. The first-order chi connectivity index (χ1) is 17.3. The molecule has 0 unspecified atom stereocenters. The number of aromatic hydroxyl groups is 1. The molecule has 0 spiro atoms. The fourth-order valence-corrected chi connectivity index (χ4v) is 5.69. The lowest BCUT2D eigenvalue weighted by Crippen LogP contribution is -2.40. The molecular weight excluding hydrogens is 462 g/mol. The molecule has 1 aliphatic carbocycles. The van der Waals surface area contributed by atoms with Crippen LogP contribution in [0, 0.1) is 17.8 Å². The number of carbonyl (C=O) groups is 3. The van der Waals surface area contributed by atoms with E-state index in [9.17, 15) is 29.7 Å². The normalized spacial score (nSPS) is 23.2. The van der Waals surface area contributed by atoms with Crippen LogP contribution in [0.1, 0.15) is 64.4 Å².